The van der Waals surface area contributed by atoms with Crippen LogP contribution in [0.4, 0.5) is 11.4 Å². The zero-order chi connectivity index (χ0) is 20.6. The summed E-state index contributed by atoms with van der Waals surface area (Å²) in [7, 11) is 0. The minimum atomic E-state index is -0.902. The molecule has 0 aromatic heterocycles. The van der Waals surface area contributed by atoms with Gasteiger partial charge in [0.15, 0.2) is 6.10 Å². The fourth-order valence-electron chi connectivity index (χ4n) is 3.02. The first kappa shape index (κ1) is 21.2. The van der Waals surface area contributed by atoms with E-state index in [4.69, 9.17) is 9.47 Å². The summed E-state index contributed by atoms with van der Waals surface area (Å²) < 4.78 is 10.8. The zero-order valence-corrected chi connectivity index (χ0v) is 17.5. The van der Waals surface area contributed by atoms with E-state index < -0.39 is 12.1 Å². The number of nitrogens with zero attached hydrogens (tertiary/aromatic N) is 1. The molecule has 1 N–H and O–H groups in total. The van der Waals surface area contributed by atoms with Gasteiger partial charge in [0.25, 0.3) is 5.91 Å². The van der Waals surface area contributed by atoms with Gasteiger partial charge in [-0.25, -0.2) is 4.79 Å². The number of carbonyl (C=O) groups excluding carboxylic acids is 2. The maximum Gasteiger partial charge on any atom is 0.340 e. The summed E-state index contributed by atoms with van der Waals surface area (Å²) in [4.78, 5) is 28.0. The molecule has 0 saturated carbocycles. The highest BCUT2D eigenvalue weighted by Gasteiger charge is 2.21. The normalized spacial score (nSPS) is 14.9. The van der Waals surface area contributed by atoms with Crippen molar-refractivity contribution in [1.82, 2.24) is 0 Å². The fourth-order valence-corrected chi connectivity index (χ4v) is 3.81. The third-order valence-electron chi connectivity index (χ3n) is 4.57. The van der Waals surface area contributed by atoms with Gasteiger partial charge >= 0.3 is 5.97 Å². The lowest BCUT2D eigenvalue weighted by Gasteiger charge is -2.28. The SMILES string of the molecule is CCSc1ccccc1C(=O)O[C@H](C)C(=O)Nc1ccc(N2CCOCC2)cc1. The smallest absolute Gasteiger partial charge is 0.340 e. The summed E-state index contributed by atoms with van der Waals surface area (Å²) in [6, 6.07) is 14.9. The number of carbonyl (C=O) groups is 2. The Hall–Kier alpha value is -2.51. The zero-order valence-electron chi connectivity index (χ0n) is 16.7. The lowest BCUT2D eigenvalue weighted by molar-refractivity contribution is -0.123. The van der Waals surface area contributed by atoms with Crippen molar-refractivity contribution in [3.8, 4) is 0 Å². The average Bonchev–Trinajstić information content (AvgIpc) is 2.75. The fraction of sp³-hybridized carbons (Fsp3) is 0.364. The molecule has 1 aliphatic heterocycles. The molecule has 2 aromatic carbocycles. The van der Waals surface area contributed by atoms with Gasteiger partial charge in [-0.05, 0) is 49.1 Å². The van der Waals surface area contributed by atoms with E-state index in [0.717, 1.165) is 42.6 Å². The molecule has 0 bridgehead atoms. The van der Waals surface area contributed by atoms with Crippen LogP contribution >= 0.6 is 11.8 Å². The van der Waals surface area contributed by atoms with E-state index in [1.807, 2.05) is 43.3 Å². The van der Waals surface area contributed by atoms with Crippen molar-refractivity contribution >= 4 is 35.0 Å². The van der Waals surface area contributed by atoms with Gasteiger partial charge in [-0.1, -0.05) is 19.1 Å². The first-order valence-electron chi connectivity index (χ1n) is 9.75. The Balaban J connectivity index is 1.57. The molecule has 29 heavy (non-hydrogen) atoms. The largest absolute Gasteiger partial charge is 0.449 e. The molecule has 1 atom stereocenters. The molecule has 1 fully saturated rings. The van der Waals surface area contributed by atoms with E-state index in [0.29, 0.717) is 11.3 Å². The highest BCUT2D eigenvalue weighted by Crippen LogP contribution is 2.23. The molecule has 0 radical (unpaired) electrons. The average molecular weight is 415 g/mol. The van der Waals surface area contributed by atoms with Crippen LogP contribution in [0.3, 0.4) is 0 Å². The number of benzene rings is 2. The van der Waals surface area contributed by atoms with Gasteiger partial charge < -0.3 is 19.7 Å². The lowest BCUT2D eigenvalue weighted by atomic mass is 10.2. The van der Waals surface area contributed by atoms with Gasteiger partial charge in [0, 0.05) is 29.4 Å². The molecule has 1 aliphatic rings. The molecule has 7 heteroatoms. The highest BCUT2D eigenvalue weighted by atomic mass is 32.2. The number of hydrogen-bond donors (Lipinski definition) is 1. The molecular formula is C22H26N2O4S. The second-order valence-electron chi connectivity index (χ2n) is 6.61. The molecule has 0 unspecified atom stereocenters. The van der Waals surface area contributed by atoms with Gasteiger partial charge in [0.2, 0.25) is 0 Å². The number of ether oxygens (including phenoxy) is 2. The molecule has 1 heterocycles. The van der Waals surface area contributed by atoms with Crippen LogP contribution < -0.4 is 10.2 Å². The first-order valence-corrected chi connectivity index (χ1v) is 10.7. The molecule has 1 amide bonds. The Kier molecular flexibility index (Phi) is 7.55. The Morgan fingerprint density at radius 2 is 1.83 bits per heavy atom. The maximum atomic E-state index is 12.5. The number of nitrogens with one attached hydrogen (secondary N) is 1. The van der Waals surface area contributed by atoms with Gasteiger partial charge in [-0.15, -0.1) is 11.8 Å². The first-order chi connectivity index (χ1) is 14.1. The van der Waals surface area contributed by atoms with Crippen LogP contribution in [0.5, 0.6) is 0 Å². The van der Waals surface area contributed by atoms with Crippen LogP contribution in [0.25, 0.3) is 0 Å². The highest BCUT2D eigenvalue weighted by molar-refractivity contribution is 7.99. The molecule has 6 nitrogen and oxygen atoms in total. The number of esters is 1. The number of thioether (sulfide) groups is 1. The topological polar surface area (TPSA) is 67.9 Å². The summed E-state index contributed by atoms with van der Waals surface area (Å²) in [6.45, 7) is 6.76. The minimum Gasteiger partial charge on any atom is -0.449 e. The summed E-state index contributed by atoms with van der Waals surface area (Å²) >= 11 is 1.57. The number of morpholine rings is 1. The van der Waals surface area contributed by atoms with Crippen molar-refractivity contribution in [3.63, 3.8) is 0 Å². The van der Waals surface area contributed by atoms with Crippen LogP contribution in [0.1, 0.15) is 24.2 Å². The third-order valence-corrected chi connectivity index (χ3v) is 5.53. The second kappa shape index (κ2) is 10.3. The van der Waals surface area contributed by atoms with Crippen LogP contribution in [0, 0.1) is 0 Å². The van der Waals surface area contributed by atoms with Gasteiger partial charge in [-0.3, -0.25) is 4.79 Å². The van der Waals surface area contributed by atoms with Crippen LogP contribution in [-0.2, 0) is 14.3 Å². The molecule has 3 rings (SSSR count). The summed E-state index contributed by atoms with van der Waals surface area (Å²) in [6.07, 6.45) is -0.902. The molecule has 0 aliphatic carbocycles. The van der Waals surface area contributed by atoms with E-state index in [1.165, 1.54) is 0 Å². The standard InChI is InChI=1S/C22H26N2O4S/c1-3-29-20-7-5-4-6-19(20)22(26)28-16(2)21(25)23-17-8-10-18(11-9-17)24-12-14-27-15-13-24/h4-11,16H,3,12-15H2,1-2H3,(H,23,25)/t16-/m1/s1. The predicted octanol–water partition coefficient (Wildman–Crippen LogP) is 3.82. The van der Waals surface area contributed by atoms with E-state index in [-0.39, 0.29) is 5.91 Å². The van der Waals surface area contributed by atoms with Crippen molar-refractivity contribution in [2.75, 3.05) is 42.3 Å². The van der Waals surface area contributed by atoms with E-state index in [2.05, 4.69) is 10.2 Å². The van der Waals surface area contributed by atoms with Gasteiger partial charge in [0.1, 0.15) is 0 Å². The van der Waals surface area contributed by atoms with Crippen LogP contribution in [-0.4, -0.2) is 50.0 Å². The number of hydrogen-bond acceptors (Lipinski definition) is 6. The summed E-state index contributed by atoms with van der Waals surface area (Å²) in [5.74, 6) is -0.00852. The van der Waals surface area contributed by atoms with Crippen LogP contribution in [0.15, 0.2) is 53.4 Å². The minimum absolute atomic E-state index is 0.363. The molecule has 1 saturated heterocycles. The summed E-state index contributed by atoms with van der Waals surface area (Å²) in [5.41, 5.74) is 2.24. The Morgan fingerprint density at radius 3 is 2.52 bits per heavy atom. The van der Waals surface area contributed by atoms with Crippen molar-refractivity contribution in [1.29, 1.82) is 0 Å². The lowest BCUT2D eigenvalue weighted by Crippen LogP contribution is -2.36. The van der Waals surface area contributed by atoms with Gasteiger partial charge in [0.05, 0.1) is 18.8 Å². The summed E-state index contributed by atoms with van der Waals surface area (Å²) in [5, 5.41) is 2.80. The molecule has 2 aromatic rings. The Bertz CT molecular complexity index is 835. The van der Waals surface area contributed by atoms with Crippen molar-refractivity contribution in [2.24, 2.45) is 0 Å². The third kappa shape index (κ3) is 5.74. The van der Waals surface area contributed by atoms with E-state index in [1.54, 1.807) is 30.8 Å². The van der Waals surface area contributed by atoms with Crippen LogP contribution in [0.2, 0.25) is 0 Å². The number of rotatable bonds is 7. The maximum absolute atomic E-state index is 12.5. The quantitative estimate of drug-likeness (QED) is 0.549. The van der Waals surface area contributed by atoms with Crippen molar-refractivity contribution < 1.29 is 19.1 Å². The number of anilines is 2. The van der Waals surface area contributed by atoms with Crippen molar-refractivity contribution in [3.05, 3.63) is 54.1 Å². The number of amides is 1. The molecular weight excluding hydrogens is 388 g/mol. The predicted molar refractivity (Wildman–Crippen MR) is 116 cm³/mol. The molecule has 154 valence electrons. The van der Waals surface area contributed by atoms with Gasteiger partial charge in [-0.2, -0.15) is 0 Å². The second-order valence-corrected chi connectivity index (χ2v) is 7.92. The molecule has 0 spiro atoms. The van der Waals surface area contributed by atoms with E-state index in [9.17, 15) is 9.59 Å². The Labute approximate surface area is 175 Å². The monoisotopic (exact) mass is 414 g/mol. The van der Waals surface area contributed by atoms with E-state index >= 15 is 0 Å². The Morgan fingerprint density at radius 1 is 1.14 bits per heavy atom. The van der Waals surface area contributed by atoms with Crippen molar-refractivity contribution in [2.45, 2.75) is 24.8 Å².